The number of ether oxygens (including phenoxy) is 4. The fourth-order valence-electron chi connectivity index (χ4n) is 3.76. The monoisotopic (exact) mass is 581 g/mol. The highest BCUT2D eigenvalue weighted by Crippen LogP contribution is 2.27. The first kappa shape index (κ1) is 34.4. The van der Waals surface area contributed by atoms with Crippen LogP contribution in [0.3, 0.4) is 0 Å². The average molecular weight is 582 g/mol. The molecule has 0 aliphatic carbocycles. The van der Waals surface area contributed by atoms with Crippen molar-refractivity contribution < 1.29 is 33.3 Å². The van der Waals surface area contributed by atoms with Gasteiger partial charge in [0.05, 0.1) is 31.6 Å². The van der Waals surface area contributed by atoms with Crippen molar-refractivity contribution in [3.8, 4) is 11.5 Å². The zero-order valence-electron chi connectivity index (χ0n) is 25.8. The highest BCUT2D eigenvalue weighted by atomic mass is 16.6. The SMILES string of the molecule is CCCCCCCCCOc1ccc(C(=O)Nc2ccccc2O/C(=C/C(=O)OCC(C)C)C(=O)OCC(C)C)cc1. The van der Waals surface area contributed by atoms with E-state index in [4.69, 9.17) is 18.9 Å². The molecule has 0 radical (unpaired) electrons. The predicted molar refractivity (Wildman–Crippen MR) is 165 cm³/mol. The smallest absolute Gasteiger partial charge is 0.374 e. The van der Waals surface area contributed by atoms with Gasteiger partial charge in [0.2, 0.25) is 5.76 Å². The average Bonchev–Trinajstić information content (AvgIpc) is 2.97. The number of hydrogen-bond donors (Lipinski definition) is 1. The second-order valence-corrected chi connectivity index (χ2v) is 11.1. The third-order valence-electron chi connectivity index (χ3n) is 6.05. The van der Waals surface area contributed by atoms with Crippen LogP contribution in [-0.2, 0) is 19.1 Å². The molecule has 0 spiro atoms. The Morgan fingerprint density at radius 3 is 2.07 bits per heavy atom. The summed E-state index contributed by atoms with van der Waals surface area (Å²) in [5.74, 6) is -1.14. The molecule has 0 aliphatic rings. The van der Waals surface area contributed by atoms with Gasteiger partial charge in [-0.25, -0.2) is 9.59 Å². The summed E-state index contributed by atoms with van der Waals surface area (Å²) < 4.78 is 22.1. The Hall–Kier alpha value is -3.81. The molecule has 2 aromatic carbocycles. The third-order valence-corrected chi connectivity index (χ3v) is 6.05. The van der Waals surface area contributed by atoms with Crippen LogP contribution in [0.5, 0.6) is 11.5 Å². The van der Waals surface area contributed by atoms with E-state index in [0.29, 0.717) is 23.6 Å². The lowest BCUT2D eigenvalue weighted by Gasteiger charge is -2.15. The number of benzene rings is 2. The van der Waals surface area contributed by atoms with Gasteiger partial charge in [0.15, 0.2) is 5.75 Å². The van der Waals surface area contributed by atoms with Gasteiger partial charge in [0.25, 0.3) is 5.91 Å². The van der Waals surface area contributed by atoms with Crippen molar-refractivity contribution in [2.24, 2.45) is 11.8 Å². The van der Waals surface area contributed by atoms with E-state index in [1.54, 1.807) is 48.5 Å². The van der Waals surface area contributed by atoms with Crippen LogP contribution in [0, 0.1) is 11.8 Å². The van der Waals surface area contributed by atoms with Crippen LogP contribution >= 0.6 is 0 Å². The zero-order valence-corrected chi connectivity index (χ0v) is 25.8. The lowest BCUT2D eigenvalue weighted by Crippen LogP contribution is -2.19. The van der Waals surface area contributed by atoms with E-state index in [1.165, 1.54) is 32.1 Å². The van der Waals surface area contributed by atoms with E-state index in [1.807, 2.05) is 27.7 Å². The van der Waals surface area contributed by atoms with Gasteiger partial charge in [-0.05, 0) is 54.7 Å². The van der Waals surface area contributed by atoms with Crippen LogP contribution in [-0.4, -0.2) is 37.7 Å². The molecule has 0 atom stereocenters. The van der Waals surface area contributed by atoms with Crippen molar-refractivity contribution >= 4 is 23.5 Å². The molecule has 0 aliphatic heterocycles. The van der Waals surface area contributed by atoms with Gasteiger partial charge >= 0.3 is 11.9 Å². The Morgan fingerprint density at radius 2 is 1.40 bits per heavy atom. The molecule has 2 aromatic rings. The van der Waals surface area contributed by atoms with E-state index in [-0.39, 0.29) is 42.5 Å². The van der Waals surface area contributed by atoms with Crippen LogP contribution < -0.4 is 14.8 Å². The summed E-state index contributed by atoms with van der Waals surface area (Å²) >= 11 is 0. The maximum atomic E-state index is 13.0. The normalized spacial score (nSPS) is 11.4. The van der Waals surface area contributed by atoms with Gasteiger partial charge in [-0.1, -0.05) is 85.3 Å². The van der Waals surface area contributed by atoms with Crippen molar-refractivity contribution in [1.82, 2.24) is 0 Å². The number of esters is 2. The second-order valence-electron chi connectivity index (χ2n) is 11.1. The summed E-state index contributed by atoms with van der Waals surface area (Å²) in [4.78, 5) is 38.1. The molecule has 0 saturated carbocycles. The Bertz CT molecular complexity index is 1140. The molecule has 42 heavy (non-hydrogen) atoms. The summed E-state index contributed by atoms with van der Waals surface area (Å²) in [6, 6.07) is 13.6. The van der Waals surface area contributed by atoms with Gasteiger partial charge < -0.3 is 24.3 Å². The number of anilines is 1. The Morgan fingerprint density at radius 1 is 0.786 bits per heavy atom. The number of nitrogens with one attached hydrogen (secondary N) is 1. The third kappa shape index (κ3) is 13.7. The number of para-hydroxylation sites is 2. The molecule has 0 fully saturated rings. The second kappa shape index (κ2) is 19.3. The molecule has 0 saturated heterocycles. The molecule has 1 N–H and O–H groups in total. The van der Waals surface area contributed by atoms with Crippen LogP contribution in [0.15, 0.2) is 60.4 Å². The topological polar surface area (TPSA) is 100 Å². The summed E-state index contributed by atoms with van der Waals surface area (Å²) in [5, 5.41) is 2.81. The first-order chi connectivity index (χ1) is 20.2. The van der Waals surface area contributed by atoms with E-state index in [9.17, 15) is 14.4 Å². The zero-order chi connectivity index (χ0) is 30.7. The van der Waals surface area contributed by atoms with Gasteiger partial charge in [0, 0.05) is 5.56 Å². The van der Waals surface area contributed by atoms with Gasteiger partial charge in [0.1, 0.15) is 5.75 Å². The van der Waals surface area contributed by atoms with Gasteiger partial charge in [-0.15, -0.1) is 0 Å². The maximum absolute atomic E-state index is 13.0. The lowest BCUT2D eigenvalue weighted by atomic mass is 10.1. The summed E-state index contributed by atoms with van der Waals surface area (Å²) in [7, 11) is 0. The Labute approximate surface area is 250 Å². The molecule has 8 nitrogen and oxygen atoms in total. The van der Waals surface area contributed by atoms with Crippen LogP contribution in [0.1, 0.15) is 89.9 Å². The van der Waals surface area contributed by atoms with E-state index in [2.05, 4.69) is 12.2 Å². The van der Waals surface area contributed by atoms with Crippen molar-refractivity contribution in [1.29, 1.82) is 0 Å². The molecular weight excluding hydrogens is 534 g/mol. The van der Waals surface area contributed by atoms with Gasteiger partial charge in [-0.2, -0.15) is 0 Å². The molecular formula is C34H47NO7. The summed E-state index contributed by atoms with van der Waals surface area (Å²) in [6.07, 6.45) is 9.47. The quantitative estimate of drug-likeness (QED) is 0.0784. The number of hydrogen-bond acceptors (Lipinski definition) is 7. The Balaban J connectivity index is 2.03. The number of carbonyl (C=O) groups is 3. The minimum atomic E-state index is -0.807. The summed E-state index contributed by atoms with van der Waals surface area (Å²) in [5.41, 5.74) is 0.748. The van der Waals surface area contributed by atoms with Crippen LogP contribution in [0.4, 0.5) is 5.69 Å². The van der Waals surface area contributed by atoms with Crippen molar-refractivity contribution in [3.63, 3.8) is 0 Å². The Kier molecular flexibility index (Phi) is 15.8. The molecule has 1 amide bonds. The highest BCUT2D eigenvalue weighted by molar-refractivity contribution is 6.05. The van der Waals surface area contributed by atoms with E-state index >= 15 is 0 Å². The number of rotatable bonds is 19. The van der Waals surface area contributed by atoms with Gasteiger partial charge in [-0.3, -0.25) is 4.79 Å². The molecule has 0 bridgehead atoms. The minimum Gasteiger partial charge on any atom is -0.494 e. The predicted octanol–water partition coefficient (Wildman–Crippen LogP) is 7.73. The standard InChI is InChI=1S/C34H47NO7/c1-6-7-8-9-10-11-14-21-39-28-19-17-27(18-20-28)33(37)35-29-15-12-13-16-30(29)42-31(34(38)41-24-26(4)5)22-32(36)40-23-25(2)3/h12-13,15-20,22,25-26H,6-11,14,21,23-24H2,1-5H3,(H,35,37)/b31-22+. The van der Waals surface area contributed by atoms with E-state index < -0.39 is 11.9 Å². The molecule has 2 rings (SSSR count). The number of carbonyl (C=O) groups excluding carboxylic acids is 3. The first-order valence-corrected chi connectivity index (χ1v) is 15.1. The maximum Gasteiger partial charge on any atom is 0.374 e. The summed E-state index contributed by atoms with van der Waals surface area (Å²) in [6.45, 7) is 10.8. The molecule has 0 aromatic heterocycles. The molecule has 8 heteroatoms. The minimum absolute atomic E-state index is 0.0896. The number of unbranched alkanes of at least 4 members (excludes halogenated alkanes) is 6. The van der Waals surface area contributed by atoms with Crippen molar-refractivity contribution in [2.75, 3.05) is 25.1 Å². The highest BCUT2D eigenvalue weighted by Gasteiger charge is 2.20. The van der Waals surface area contributed by atoms with Crippen LogP contribution in [0.25, 0.3) is 0 Å². The molecule has 0 heterocycles. The van der Waals surface area contributed by atoms with Crippen molar-refractivity contribution in [3.05, 3.63) is 65.9 Å². The fourth-order valence-corrected chi connectivity index (χ4v) is 3.76. The fraction of sp³-hybridized carbons (Fsp3) is 0.500. The van der Waals surface area contributed by atoms with E-state index in [0.717, 1.165) is 18.9 Å². The lowest BCUT2D eigenvalue weighted by molar-refractivity contribution is -0.144. The van der Waals surface area contributed by atoms with Crippen molar-refractivity contribution in [2.45, 2.75) is 79.6 Å². The van der Waals surface area contributed by atoms with Crippen LogP contribution in [0.2, 0.25) is 0 Å². The largest absolute Gasteiger partial charge is 0.494 e. The molecule has 230 valence electrons. The first-order valence-electron chi connectivity index (χ1n) is 15.1. The molecule has 0 unspecified atom stereocenters. The number of amides is 1.